The van der Waals surface area contributed by atoms with Crippen molar-refractivity contribution < 1.29 is 13.2 Å². The molecule has 1 aliphatic heterocycles. The van der Waals surface area contributed by atoms with Gasteiger partial charge in [0.1, 0.15) is 5.82 Å². The molecule has 16 heavy (non-hydrogen) atoms. The van der Waals surface area contributed by atoms with E-state index in [-0.39, 0.29) is 12.2 Å². The number of nitrogens with one attached hydrogen (secondary N) is 1. The van der Waals surface area contributed by atoms with E-state index in [2.05, 4.69) is 15.3 Å². The third kappa shape index (κ3) is 2.91. The first-order chi connectivity index (χ1) is 7.54. The van der Waals surface area contributed by atoms with Gasteiger partial charge < -0.3 is 5.32 Å². The molecule has 1 aromatic rings. The van der Waals surface area contributed by atoms with Crippen molar-refractivity contribution in [2.75, 3.05) is 6.54 Å². The van der Waals surface area contributed by atoms with E-state index in [1.807, 2.05) is 0 Å². The van der Waals surface area contributed by atoms with Gasteiger partial charge in [0.2, 0.25) is 0 Å². The van der Waals surface area contributed by atoms with Gasteiger partial charge in [-0.2, -0.15) is 13.2 Å². The average Bonchev–Trinajstić information content (AvgIpc) is 2.25. The fourth-order valence-electron chi connectivity index (χ4n) is 1.65. The highest BCUT2D eigenvalue weighted by Crippen LogP contribution is 2.21. The lowest BCUT2D eigenvalue weighted by molar-refractivity contribution is -0.134. The van der Waals surface area contributed by atoms with Gasteiger partial charge in [0.25, 0.3) is 0 Å². The molecule has 88 valence electrons. The number of hydrogen-bond donors (Lipinski definition) is 1. The molecule has 1 N–H and O–H groups in total. The molecule has 1 aliphatic rings. The maximum atomic E-state index is 12.0. The molecule has 0 aliphatic carbocycles. The molecule has 0 bridgehead atoms. The first-order valence-electron chi connectivity index (χ1n) is 5.16. The van der Waals surface area contributed by atoms with Crippen LogP contribution in [0.25, 0.3) is 0 Å². The Bertz CT molecular complexity index is 376. The summed E-state index contributed by atoms with van der Waals surface area (Å²) in [4.78, 5) is 8.11. The van der Waals surface area contributed by atoms with E-state index in [0.29, 0.717) is 6.54 Å². The van der Waals surface area contributed by atoms with Gasteiger partial charge in [0.15, 0.2) is 0 Å². The second-order valence-corrected chi connectivity index (χ2v) is 3.80. The summed E-state index contributed by atoms with van der Waals surface area (Å²) in [6.07, 6.45) is -2.74. The van der Waals surface area contributed by atoms with Gasteiger partial charge in [0.05, 0.1) is 6.42 Å². The number of hydrogen-bond acceptors (Lipinski definition) is 3. The van der Waals surface area contributed by atoms with Crippen LogP contribution < -0.4 is 5.32 Å². The van der Waals surface area contributed by atoms with Crippen LogP contribution in [0, 0.1) is 0 Å². The number of rotatable bonds is 2. The lowest BCUT2D eigenvalue weighted by Gasteiger charge is -2.16. The average molecular weight is 231 g/mol. The van der Waals surface area contributed by atoms with E-state index in [0.717, 1.165) is 24.2 Å². The zero-order valence-electron chi connectivity index (χ0n) is 8.64. The molecule has 0 saturated carbocycles. The summed E-state index contributed by atoms with van der Waals surface area (Å²) in [5.41, 5.74) is 1.87. The zero-order valence-corrected chi connectivity index (χ0v) is 8.64. The van der Waals surface area contributed by atoms with Gasteiger partial charge in [-0.25, -0.2) is 9.97 Å². The molecule has 0 unspecified atom stereocenters. The van der Waals surface area contributed by atoms with Gasteiger partial charge in [-0.05, 0) is 0 Å². The fraction of sp³-hybridized carbons (Fsp3) is 0.600. The topological polar surface area (TPSA) is 37.8 Å². The van der Waals surface area contributed by atoms with Gasteiger partial charge >= 0.3 is 6.18 Å². The van der Waals surface area contributed by atoms with Crippen LogP contribution in [0.2, 0.25) is 0 Å². The zero-order chi connectivity index (χ0) is 11.6. The highest BCUT2D eigenvalue weighted by Gasteiger charge is 2.27. The Morgan fingerprint density at radius 1 is 1.38 bits per heavy atom. The van der Waals surface area contributed by atoms with Gasteiger partial charge in [0, 0.05) is 43.4 Å². The molecule has 0 aromatic carbocycles. The van der Waals surface area contributed by atoms with Crippen molar-refractivity contribution in [1.82, 2.24) is 15.3 Å². The summed E-state index contributed by atoms with van der Waals surface area (Å²) >= 11 is 0. The van der Waals surface area contributed by atoms with E-state index >= 15 is 0 Å². The van der Waals surface area contributed by atoms with Crippen molar-refractivity contribution in [3.8, 4) is 0 Å². The van der Waals surface area contributed by atoms with Crippen molar-refractivity contribution in [3.05, 3.63) is 23.3 Å². The van der Waals surface area contributed by atoms with Crippen LogP contribution in [0.3, 0.4) is 0 Å². The maximum Gasteiger partial charge on any atom is 0.389 e. The number of fused-ring (bicyclic) bond motifs is 1. The standard InChI is InChI=1S/C10H12F3N3/c11-10(12,13)3-1-9-15-6-7-5-14-4-2-8(7)16-9/h6,14H,1-5H2. The molecular formula is C10H12F3N3. The maximum absolute atomic E-state index is 12.0. The minimum absolute atomic E-state index is 0.135. The van der Waals surface area contributed by atoms with Crippen molar-refractivity contribution in [1.29, 1.82) is 0 Å². The van der Waals surface area contributed by atoms with E-state index in [9.17, 15) is 13.2 Å². The van der Waals surface area contributed by atoms with Crippen LogP contribution in [-0.2, 0) is 19.4 Å². The predicted molar refractivity (Wildman–Crippen MR) is 51.8 cm³/mol. The molecule has 1 aromatic heterocycles. The molecule has 0 amide bonds. The lowest BCUT2D eigenvalue weighted by atomic mass is 10.1. The van der Waals surface area contributed by atoms with Gasteiger partial charge in [-0.3, -0.25) is 0 Å². The van der Waals surface area contributed by atoms with Crippen molar-refractivity contribution >= 4 is 0 Å². The Balaban J connectivity index is 2.06. The second-order valence-electron chi connectivity index (χ2n) is 3.80. The molecular weight excluding hydrogens is 219 g/mol. The SMILES string of the molecule is FC(F)(F)CCc1ncc2c(n1)CCNC2. The van der Waals surface area contributed by atoms with Crippen LogP contribution in [0.4, 0.5) is 13.2 Å². The molecule has 2 heterocycles. The van der Waals surface area contributed by atoms with Crippen LogP contribution in [0.15, 0.2) is 6.20 Å². The second kappa shape index (κ2) is 4.37. The quantitative estimate of drug-likeness (QED) is 0.840. The van der Waals surface area contributed by atoms with Crippen molar-refractivity contribution in [2.24, 2.45) is 0 Å². The molecule has 6 heteroatoms. The Morgan fingerprint density at radius 3 is 2.94 bits per heavy atom. The summed E-state index contributed by atoms with van der Waals surface area (Å²) < 4.78 is 36.0. The summed E-state index contributed by atoms with van der Waals surface area (Å²) in [6, 6.07) is 0. The molecule has 0 spiro atoms. The number of halogens is 3. The predicted octanol–water partition coefficient (Wildman–Crippen LogP) is 1.62. The normalized spacial score (nSPS) is 15.9. The number of nitrogens with zero attached hydrogens (tertiary/aromatic N) is 2. The minimum atomic E-state index is -4.14. The Kier molecular flexibility index (Phi) is 3.09. The summed E-state index contributed by atoms with van der Waals surface area (Å²) in [7, 11) is 0. The molecule has 0 fully saturated rings. The monoisotopic (exact) mass is 231 g/mol. The van der Waals surface area contributed by atoms with Crippen LogP contribution in [0.5, 0.6) is 0 Å². The Morgan fingerprint density at radius 2 is 2.19 bits per heavy atom. The molecule has 0 radical (unpaired) electrons. The largest absolute Gasteiger partial charge is 0.389 e. The summed E-state index contributed by atoms with van der Waals surface area (Å²) in [5, 5.41) is 3.16. The molecule has 0 atom stereocenters. The van der Waals surface area contributed by atoms with E-state index in [1.165, 1.54) is 0 Å². The van der Waals surface area contributed by atoms with Gasteiger partial charge in [-0.15, -0.1) is 0 Å². The molecule has 2 rings (SSSR count). The first kappa shape index (κ1) is 11.3. The van der Waals surface area contributed by atoms with E-state index in [4.69, 9.17) is 0 Å². The van der Waals surface area contributed by atoms with Crippen LogP contribution >= 0.6 is 0 Å². The molecule has 3 nitrogen and oxygen atoms in total. The Labute approximate surface area is 91.1 Å². The van der Waals surface area contributed by atoms with E-state index in [1.54, 1.807) is 6.20 Å². The minimum Gasteiger partial charge on any atom is -0.312 e. The highest BCUT2D eigenvalue weighted by molar-refractivity contribution is 5.20. The number of aromatic nitrogens is 2. The highest BCUT2D eigenvalue weighted by atomic mass is 19.4. The first-order valence-corrected chi connectivity index (χ1v) is 5.16. The lowest BCUT2D eigenvalue weighted by Crippen LogP contribution is -2.25. The van der Waals surface area contributed by atoms with Crippen LogP contribution in [-0.4, -0.2) is 22.7 Å². The Hall–Kier alpha value is -1.17. The van der Waals surface area contributed by atoms with Crippen molar-refractivity contribution in [3.63, 3.8) is 0 Å². The fourth-order valence-corrected chi connectivity index (χ4v) is 1.65. The number of aryl methyl sites for hydroxylation is 1. The van der Waals surface area contributed by atoms with Gasteiger partial charge in [-0.1, -0.05) is 0 Å². The third-order valence-corrected chi connectivity index (χ3v) is 2.49. The summed E-state index contributed by atoms with van der Waals surface area (Å²) in [5.74, 6) is 0.290. The smallest absolute Gasteiger partial charge is 0.312 e. The van der Waals surface area contributed by atoms with E-state index < -0.39 is 12.6 Å². The number of alkyl halides is 3. The summed E-state index contributed by atoms with van der Waals surface area (Å²) in [6.45, 7) is 1.53. The van der Waals surface area contributed by atoms with Crippen molar-refractivity contribution in [2.45, 2.75) is 32.0 Å². The van der Waals surface area contributed by atoms with Crippen LogP contribution in [0.1, 0.15) is 23.5 Å². The third-order valence-electron chi connectivity index (χ3n) is 2.49. The molecule has 0 saturated heterocycles.